The molecule has 0 aliphatic carbocycles. The number of methoxy groups -OCH3 is 1. The number of rotatable bonds is 5. The Hall–Kier alpha value is -2.83. The average molecular weight is 382 g/mol. The second-order valence-corrected chi connectivity index (χ2v) is 7.63. The third-order valence-corrected chi connectivity index (χ3v) is 5.23. The van der Waals surface area contributed by atoms with Gasteiger partial charge < -0.3 is 20.1 Å². The summed E-state index contributed by atoms with van der Waals surface area (Å²) in [5, 5.41) is 6.35. The number of hydrogen-bond donors (Lipinski definition) is 2. The van der Waals surface area contributed by atoms with E-state index in [0.29, 0.717) is 30.6 Å². The minimum atomic E-state index is -0.115. The van der Waals surface area contributed by atoms with Gasteiger partial charge in [-0.05, 0) is 24.5 Å². The van der Waals surface area contributed by atoms with Gasteiger partial charge in [0.25, 0.3) is 5.91 Å². The Morgan fingerprint density at radius 3 is 3.00 bits per heavy atom. The fourth-order valence-corrected chi connectivity index (χ4v) is 3.70. The number of fused-ring (bicyclic) bond motifs is 2. The lowest BCUT2D eigenvalue weighted by molar-refractivity contribution is 0.0940. The predicted molar refractivity (Wildman–Crippen MR) is 106 cm³/mol. The van der Waals surface area contributed by atoms with Gasteiger partial charge in [0.05, 0.1) is 13.7 Å². The summed E-state index contributed by atoms with van der Waals surface area (Å²) in [5.74, 6) is 3.44. The largest absolute Gasteiger partial charge is 0.493 e. The molecule has 3 heterocycles. The Balaban J connectivity index is 1.53. The van der Waals surface area contributed by atoms with Crippen LogP contribution >= 0.6 is 0 Å². The van der Waals surface area contributed by atoms with Crippen molar-refractivity contribution < 1.29 is 14.3 Å². The third kappa shape index (κ3) is 3.48. The fourth-order valence-electron chi connectivity index (χ4n) is 3.70. The molecule has 0 fully saturated rings. The van der Waals surface area contributed by atoms with Crippen LogP contribution in [-0.4, -0.2) is 42.7 Å². The van der Waals surface area contributed by atoms with Crippen LogP contribution < -0.4 is 20.1 Å². The summed E-state index contributed by atoms with van der Waals surface area (Å²) in [7, 11) is 1.66. The maximum absolute atomic E-state index is 12.3. The van der Waals surface area contributed by atoms with Crippen molar-refractivity contribution in [1.82, 2.24) is 15.3 Å². The van der Waals surface area contributed by atoms with E-state index in [9.17, 15) is 4.79 Å². The molecule has 0 bridgehead atoms. The van der Waals surface area contributed by atoms with E-state index in [1.165, 1.54) is 0 Å². The van der Waals surface area contributed by atoms with Crippen LogP contribution in [0, 0.1) is 5.92 Å². The van der Waals surface area contributed by atoms with Crippen molar-refractivity contribution in [2.75, 3.05) is 32.1 Å². The molecule has 1 atom stereocenters. The lowest BCUT2D eigenvalue weighted by Crippen LogP contribution is -2.35. The Kier molecular flexibility index (Phi) is 5.07. The van der Waals surface area contributed by atoms with Crippen molar-refractivity contribution >= 4 is 11.7 Å². The molecule has 0 saturated heterocycles. The lowest BCUT2D eigenvalue weighted by atomic mass is 9.96. The van der Waals surface area contributed by atoms with Crippen molar-refractivity contribution in [2.45, 2.75) is 32.6 Å². The maximum Gasteiger partial charge on any atom is 0.270 e. The van der Waals surface area contributed by atoms with E-state index < -0.39 is 0 Å². The molecule has 2 aliphatic rings. The summed E-state index contributed by atoms with van der Waals surface area (Å²) < 4.78 is 11.4. The zero-order valence-corrected chi connectivity index (χ0v) is 16.5. The smallest absolute Gasteiger partial charge is 0.270 e. The summed E-state index contributed by atoms with van der Waals surface area (Å²) >= 11 is 0. The number of carbonyl (C=O) groups excluding carboxylic acids is 1. The number of ether oxygens (including phenoxy) is 2. The molecule has 1 amide bonds. The molecular formula is C21H26N4O3. The van der Waals surface area contributed by atoms with Crippen molar-refractivity contribution in [3.05, 3.63) is 40.8 Å². The van der Waals surface area contributed by atoms with Gasteiger partial charge in [-0.1, -0.05) is 26.0 Å². The molecule has 148 valence electrons. The molecule has 2 N–H and O–H groups in total. The predicted octanol–water partition coefficient (Wildman–Crippen LogP) is 2.56. The van der Waals surface area contributed by atoms with Gasteiger partial charge in [-0.15, -0.1) is 0 Å². The van der Waals surface area contributed by atoms with Crippen LogP contribution in [0.4, 0.5) is 5.82 Å². The lowest BCUT2D eigenvalue weighted by Gasteiger charge is -2.27. The van der Waals surface area contributed by atoms with Crippen molar-refractivity contribution in [2.24, 2.45) is 5.92 Å². The van der Waals surface area contributed by atoms with Gasteiger partial charge >= 0.3 is 0 Å². The topological polar surface area (TPSA) is 85.4 Å². The van der Waals surface area contributed by atoms with Crippen LogP contribution in [0.15, 0.2) is 18.2 Å². The molecule has 4 rings (SSSR count). The summed E-state index contributed by atoms with van der Waals surface area (Å²) in [5.41, 5.74) is 2.57. The number of aromatic nitrogens is 2. The molecular weight excluding hydrogens is 356 g/mol. The number of carbonyl (C=O) groups is 1. The second kappa shape index (κ2) is 7.66. The molecule has 0 spiro atoms. The van der Waals surface area contributed by atoms with Crippen LogP contribution in [0.25, 0.3) is 0 Å². The first-order chi connectivity index (χ1) is 13.6. The molecule has 2 aromatic rings. The first-order valence-electron chi connectivity index (χ1n) is 9.78. The summed E-state index contributed by atoms with van der Waals surface area (Å²) in [6.45, 7) is 6.02. The molecule has 7 nitrogen and oxygen atoms in total. The molecule has 1 aromatic carbocycles. The van der Waals surface area contributed by atoms with E-state index in [1.807, 2.05) is 26.0 Å². The first-order valence-corrected chi connectivity index (χ1v) is 9.78. The van der Waals surface area contributed by atoms with Gasteiger partial charge in [0.1, 0.15) is 17.3 Å². The van der Waals surface area contributed by atoms with E-state index in [2.05, 4.69) is 21.7 Å². The number of anilines is 1. The standard InChI is InChI=1S/C21H26N4O3/c1-12(2)19-24-17-15(7-8-22-21(17)26)20(25-19)23-10-13-9-14-5-4-6-16(27-3)18(14)28-11-13/h4-6,12-13H,7-11H2,1-3H3,(H,22,26)(H,23,24,25). The maximum atomic E-state index is 12.3. The first kappa shape index (κ1) is 18.5. The van der Waals surface area contributed by atoms with E-state index >= 15 is 0 Å². The molecule has 0 radical (unpaired) electrons. The number of amides is 1. The van der Waals surface area contributed by atoms with Gasteiger partial charge in [0.2, 0.25) is 0 Å². The van der Waals surface area contributed by atoms with E-state index in [0.717, 1.165) is 47.8 Å². The third-order valence-electron chi connectivity index (χ3n) is 5.23. The SMILES string of the molecule is COc1cccc2c1OCC(CNc1nc(C(C)C)nc3c1CCNC3=O)C2. The Morgan fingerprint density at radius 2 is 2.21 bits per heavy atom. The van der Waals surface area contributed by atoms with Crippen LogP contribution in [0.2, 0.25) is 0 Å². The normalized spacial score (nSPS) is 18.0. The molecule has 0 saturated carbocycles. The van der Waals surface area contributed by atoms with Crippen molar-refractivity contribution in [1.29, 1.82) is 0 Å². The average Bonchev–Trinajstić information content (AvgIpc) is 2.71. The fraction of sp³-hybridized carbons (Fsp3) is 0.476. The highest BCUT2D eigenvalue weighted by Gasteiger charge is 2.26. The highest BCUT2D eigenvalue weighted by atomic mass is 16.5. The van der Waals surface area contributed by atoms with Gasteiger partial charge in [0.15, 0.2) is 11.5 Å². The Labute approximate surface area is 164 Å². The summed E-state index contributed by atoms with van der Waals surface area (Å²) in [6, 6.07) is 5.99. The van der Waals surface area contributed by atoms with Gasteiger partial charge in [-0.25, -0.2) is 9.97 Å². The molecule has 1 unspecified atom stereocenters. The zero-order valence-electron chi connectivity index (χ0n) is 16.5. The summed E-state index contributed by atoms with van der Waals surface area (Å²) in [6.07, 6.45) is 1.65. The van der Waals surface area contributed by atoms with Crippen LogP contribution in [0.3, 0.4) is 0 Å². The summed E-state index contributed by atoms with van der Waals surface area (Å²) in [4.78, 5) is 21.5. The Bertz CT molecular complexity index is 897. The van der Waals surface area contributed by atoms with Gasteiger partial charge in [-0.3, -0.25) is 4.79 Å². The number of benzene rings is 1. The van der Waals surface area contributed by atoms with Crippen LogP contribution in [-0.2, 0) is 12.8 Å². The second-order valence-electron chi connectivity index (χ2n) is 7.63. The minimum Gasteiger partial charge on any atom is -0.493 e. The number of nitrogens with one attached hydrogen (secondary N) is 2. The monoisotopic (exact) mass is 382 g/mol. The highest BCUT2D eigenvalue weighted by Crippen LogP contribution is 2.36. The molecule has 1 aromatic heterocycles. The number of nitrogens with zero attached hydrogens (tertiary/aromatic N) is 2. The number of para-hydroxylation sites is 1. The van der Waals surface area contributed by atoms with E-state index in [-0.39, 0.29) is 11.8 Å². The van der Waals surface area contributed by atoms with Crippen molar-refractivity contribution in [3.8, 4) is 11.5 Å². The highest BCUT2D eigenvalue weighted by molar-refractivity contribution is 5.96. The van der Waals surface area contributed by atoms with Gasteiger partial charge in [0, 0.05) is 30.5 Å². The quantitative estimate of drug-likeness (QED) is 0.827. The van der Waals surface area contributed by atoms with Crippen LogP contribution in [0.5, 0.6) is 11.5 Å². The molecule has 28 heavy (non-hydrogen) atoms. The van der Waals surface area contributed by atoms with E-state index in [1.54, 1.807) is 7.11 Å². The molecule has 7 heteroatoms. The number of hydrogen-bond acceptors (Lipinski definition) is 6. The van der Waals surface area contributed by atoms with E-state index in [4.69, 9.17) is 14.5 Å². The van der Waals surface area contributed by atoms with Gasteiger partial charge in [-0.2, -0.15) is 0 Å². The minimum absolute atomic E-state index is 0.115. The molecule has 2 aliphatic heterocycles. The zero-order chi connectivity index (χ0) is 19.7. The van der Waals surface area contributed by atoms with Crippen LogP contribution in [0.1, 0.15) is 47.2 Å². The van der Waals surface area contributed by atoms with Crippen molar-refractivity contribution in [3.63, 3.8) is 0 Å². The Morgan fingerprint density at radius 1 is 1.36 bits per heavy atom.